The number of aromatic nitrogens is 1. The van der Waals surface area contributed by atoms with Gasteiger partial charge in [0.2, 0.25) is 0 Å². The van der Waals surface area contributed by atoms with E-state index in [1.807, 2.05) is 26.1 Å². The van der Waals surface area contributed by atoms with Gasteiger partial charge in [-0.15, -0.1) is 0 Å². The number of rotatable bonds is 2. The van der Waals surface area contributed by atoms with Crippen molar-refractivity contribution in [3.8, 4) is 0 Å². The van der Waals surface area contributed by atoms with Gasteiger partial charge in [0.05, 0.1) is 5.69 Å². The highest BCUT2D eigenvalue weighted by Crippen LogP contribution is 2.23. The molecule has 1 rings (SSSR count). The Kier molecular flexibility index (Phi) is 3.22. The first-order chi connectivity index (χ1) is 6.79. The standard InChI is InChI=1S/C12H21N3/c1-9-6-7-10(13)11(14-9)15(5)8-12(2,3)4/h6-7H,8,13H2,1-5H3. The van der Waals surface area contributed by atoms with E-state index in [-0.39, 0.29) is 5.41 Å². The van der Waals surface area contributed by atoms with E-state index in [9.17, 15) is 0 Å². The summed E-state index contributed by atoms with van der Waals surface area (Å²) in [5.41, 5.74) is 7.89. The summed E-state index contributed by atoms with van der Waals surface area (Å²) in [6.45, 7) is 9.53. The van der Waals surface area contributed by atoms with E-state index in [1.165, 1.54) is 0 Å². The first kappa shape index (κ1) is 11.8. The van der Waals surface area contributed by atoms with Gasteiger partial charge in [0, 0.05) is 19.3 Å². The maximum atomic E-state index is 5.91. The first-order valence-corrected chi connectivity index (χ1v) is 5.24. The smallest absolute Gasteiger partial charge is 0.151 e. The zero-order valence-electron chi connectivity index (χ0n) is 10.3. The Morgan fingerprint density at radius 2 is 1.93 bits per heavy atom. The SMILES string of the molecule is Cc1ccc(N)c(N(C)CC(C)(C)C)n1. The molecule has 0 amide bonds. The molecule has 0 aliphatic heterocycles. The van der Waals surface area contributed by atoms with Crippen molar-refractivity contribution in [2.24, 2.45) is 5.41 Å². The molecular formula is C12H21N3. The van der Waals surface area contributed by atoms with E-state index in [2.05, 4.69) is 30.7 Å². The maximum Gasteiger partial charge on any atom is 0.151 e. The predicted octanol–water partition coefficient (Wildman–Crippen LogP) is 2.45. The number of pyridine rings is 1. The van der Waals surface area contributed by atoms with E-state index in [1.54, 1.807) is 0 Å². The lowest BCUT2D eigenvalue weighted by molar-refractivity contribution is 0.418. The van der Waals surface area contributed by atoms with Crippen LogP contribution in [0.2, 0.25) is 0 Å². The number of aryl methyl sites for hydroxylation is 1. The molecule has 0 unspecified atom stereocenters. The van der Waals surface area contributed by atoms with E-state index in [4.69, 9.17) is 5.73 Å². The minimum Gasteiger partial charge on any atom is -0.396 e. The summed E-state index contributed by atoms with van der Waals surface area (Å²) in [6.07, 6.45) is 0. The highest BCUT2D eigenvalue weighted by atomic mass is 15.2. The molecule has 0 radical (unpaired) electrons. The molecule has 0 saturated heterocycles. The largest absolute Gasteiger partial charge is 0.396 e. The Bertz CT molecular complexity index is 339. The Labute approximate surface area is 92.3 Å². The van der Waals surface area contributed by atoms with Crippen LogP contribution in [0.3, 0.4) is 0 Å². The summed E-state index contributed by atoms with van der Waals surface area (Å²) in [5.74, 6) is 0.880. The Hall–Kier alpha value is -1.25. The van der Waals surface area contributed by atoms with Gasteiger partial charge in [-0.3, -0.25) is 0 Å². The summed E-state index contributed by atoms with van der Waals surface area (Å²) in [7, 11) is 2.03. The maximum absolute atomic E-state index is 5.91. The molecule has 0 fully saturated rings. The molecule has 0 saturated carbocycles. The molecular weight excluding hydrogens is 186 g/mol. The third-order valence-corrected chi connectivity index (χ3v) is 2.12. The third-order valence-electron chi connectivity index (χ3n) is 2.12. The summed E-state index contributed by atoms with van der Waals surface area (Å²) < 4.78 is 0. The van der Waals surface area contributed by atoms with Gasteiger partial charge in [-0.25, -0.2) is 4.98 Å². The van der Waals surface area contributed by atoms with Crippen LogP contribution in [0, 0.1) is 12.3 Å². The highest BCUT2D eigenvalue weighted by Gasteiger charge is 2.16. The lowest BCUT2D eigenvalue weighted by Crippen LogP contribution is -2.30. The van der Waals surface area contributed by atoms with Crippen LogP contribution in [0.1, 0.15) is 26.5 Å². The number of hydrogen-bond donors (Lipinski definition) is 1. The van der Waals surface area contributed by atoms with E-state index >= 15 is 0 Å². The van der Waals surface area contributed by atoms with E-state index in [0.29, 0.717) is 0 Å². The summed E-state index contributed by atoms with van der Waals surface area (Å²) >= 11 is 0. The lowest BCUT2D eigenvalue weighted by Gasteiger charge is -2.28. The van der Waals surface area contributed by atoms with Gasteiger partial charge in [0.25, 0.3) is 0 Å². The molecule has 0 aromatic carbocycles. The molecule has 0 bridgehead atoms. The van der Waals surface area contributed by atoms with Crippen molar-refractivity contribution in [3.63, 3.8) is 0 Å². The topological polar surface area (TPSA) is 42.1 Å². The van der Waals surface area contributed by atoms with Crippen LogP contribution >= 0.6 is 0 Å². The van der Waals surface area contributed by atoms with Crippen LogP contribution in [0.5, 0.6) is 0 Å². The summed E-state index contributed by atoms with van der Waals surface area (Å²) in [4.78, 5) is 6.57. The molecule has 0 atom stereocenters. The fourth-order valence-electron chi connectivity index (χ4n) is 1.65. The average molecular weight is 207 g/mol. The molecule has 0 aliphatic rings. The van der Waals surface area contributed by atoms with Gasteiger partial charge in [-0.1, -0.05) is 20.8 Å². The molecule has 1 aromatic rings. The van der Waals surface area contributed by atoms with Crippen molar-refractivity contribution in [1.82, 2.24) is 4.98 Å². The zero-order chi connectivity index (χ0) is 11.6. The molecule has 0 spiro atoms. The highest BCUT2D eigenvalue weighted by molar-refractivity contribution is 5.62. The fourth-order valence-corrected chi connectivity index (χ4v) is 1.65. The van der Waals surface area contributed by atoms with Gasteiger partial charge >= 0.3 is 0 Å². The van der Waals surface area contributed by atoms with Crippen LogP contribution in [-0.4, -0.2) is 18.6 Å². The number of nitrogens with two attached hydrogens (primary N) is 1. The lowest BCUT2D eigenvalue weighted by atomic mass is 9.96. The molecule has 15 heavy (non-hydrogen) atoms. The average Bonchev–Trinajstić information content (AvgIpc) is 2.06. The second-order valence-corrected chi connectivity index (χ2v) is 5.28. The molecule has 1 aromatic heterocycles. The van der Waals surface area contributed by atoms with Gasteiger partial charge in [-0.05, 0) is 24.5 Å². The minimum atomic E-state index is 0.243. The fraction of sp³-hybridized carbons (Fsp3) is 0.583. The Balaban J connectivity index is 2.90. The molecule has 0 aliphatic carbocycles. The first-order valence-electron chi connectivity index (χ1n) is 5.24. The van der Waals surface area contributed by atoms with Crippen LogP contribution in [0.25, 0.3) is 0 Å². The third kappa shape index (κ3) is 3.42. The minimum absolute atomic E-state index is 0.243. The van der Waals surface area contributed by atoms with Crippen LogP contribution in [-0.2, 0) is 0 Å². The van der Waals surface area contributed by atoms with Crippen LogP contribution < -0.4 is 10.6 Å². The normalized spacial score (nSPS) is 11.5. The van der Waals surface area contributed by atoms with Gasteiger partial charge in [0.15, 0.2) is 5.82 Å². The molecule has 84 valence electrons. The van der Waals surface area contributed by atoms with Crippen molar-refractivity contribution in [2.75, 3.05) is 24.2 Å². The van der Waals surface area contributed by atoms with Crippen LogP contribution in [0.4, 0.5) is 11.5 Å². The van der Waals surface area contributed by atoms with Gasteiger partial charge in [-0.2, -0.15) is 0 Å². The number of anilines is 2. The monoisotopic (exact) mass is 207 g/mol. The van der Waals surface area contributed by atoms with Crippen molar-refractivity contribution in [3.05, 3.63) is 17.8 Å². The van der Waals surface area contributed by atoms with Gasteiger partial charge in [0.1, 0.15) is 0 Å². The quantitative estimate of drug-likeness (QED) is 0.810. The second-order valence-electron chi connectivity index (χ2n) is 5.28. The molecule has 2 N–H and O–H groups in total. The molecule has 3 heteroatoms. The number of nitrogens with zero attached hydrogens (tertiary/aromatic N) is 2. The predicted molar refractivity (Wildman–Crippen MR) is 66.1 cm³/mol. The zero-order valence-corrected chi connectivity index (χ0v) is 10.3. The van der Waals surface area contributed by atoms with Gasteiger partial charge < -0.3 is 10.6 Å². The van der Waals surface area contributed by atoms with Crippen molar-refractivity contribution >= 4 is 11.5 Å². The van der Waals surface area contributed by atoms with Crippen LogP contribution in [0.15, 0.2) is 12.1 Å². The van der Waals surface area contributed by atoms with Crippen molar-refractivity contribution in [2.45, 2.75) is 27.7 Å². The number of nitrogen functional groups attached to an aromatic ring is 1. The summed E-state index contributed by atoms with van der Waals surface area (Å²) in [5, 5.41) is 0. The Morgan fingerprint density at radius 3 is 2.47 bits per heavy atom. The second kappa shape index (κ2) is 4.09. The van der Waals surface area contributed by atoms with E-state index < -0.39 is 0 Å². The molecule has 3 nitrogen and oxygen atoms in total. The Morgan fingerprint density at radius 1 is 1.33 bits per heavy atom. The van der Waals surface area contributed by atoms with Crippen molar-refractivity contribution < 1.29 is 0 Å². The van der Waals surface area contributed by atoms with Crippen molar-refractivity contribution in [1.29, 1.82) is 0 Å². The number of hydrogen-bond acceptors (Lipinski definition) is 3. The van der Waals surface area contributed by atoms with E-state index in [0.717, 1.165) is 23.7 Å². The summed E-state index contributed by atoms with van der Waals surface area (Å²) in [6, 6.07) is 3.85. The molecule has 1 heterocycles.